The van der Waals surface area contributed by atoms with Crippen molar-refractivity contribution in [2.24, 2.45) is 0 Å². The minimum Gasteiger partial charge on any atom is -0.416 e. The first-order valence-corrected chi connectivity index (χ1v) is 6.63. The molecule has 0 fully saturated rings. The molecule has 0 amide bonds. The molecule has 86 valence electrons. The first-order valence-electron chi connectivity index (χ1n) is 6.63. The molecule has 0 N–H and O–H groups in total. The van der Waals surface area contributed by atoms with Crippen LogP contribution in [0.1, 0.15) is 13.8 Å². The average Bonchev–Trinajstić information content (AvgIpc) is 2.70. The third-order valence-corrected chi connectivity index (χ3v) is 4.59. The van der Waals surface area contributed by atoms with Crippen LogP contribution in [0.5, 0.6) is 0 Å². The van der Waals surface area contributed by atoms with Crippen molar-refractivity contribution >= 4 is 11.7 Å². The van der Waals surface area contributed by atoms with Gasteiger partial charge >= 0.3 is 6.28 Å². The number of hydrogen-bond donors (Lipinski definition) is 0. The van der Waals surface area contributed by atoms with Gasteiger partial charge in [0.25, 0.3) is 0 Å². The number of hydrogen-bond acceptors (Lipinski definition) is 0. The zero-order chi connectivity index (χ0) is 11.9. The van der Waals surface area contributed by atoms with Gasteiger partial charge in [-0.15, -0.1) is 18.1 Å². The fourth-order valence-corrected chi connectivity index (χ4v) is 3.59. The zero-order valence-electron chi connectivity index (χ0n) is 10.6. The molecule has 0 saturated carbocycles. The molecule has 0 radical (unpaired) electrons. The van der Waals surface area contributed by atoms with Crippen LogP contribution < -0.4 is 9.94 Å². The molecule has 0 unspecified atom stereocenters. The van der Waals surface area contributed by atoms with E-state index < -0.39 is 6.28 Å². The lowest BCUT2D eigenvalue weighted by atomic mass is 9.28. The first-order chi connectivity index (χ1) is 8.33. The van der Waals surface area contributed by atoms with Crippen LogP contribution >= 0.6 is 0 Å². The highest BCUT2D eigenvalue weighted by Gasteiger charge is 2.43. The smallest absolute Gasteiger partial charge is 0.306 e. The molecule has 0 atom stereocenters. The van der Waals surface area contributed by atoms with Gasteiger partial charge in [-0.1, -0.05) is 44.2 Å². The van der Waals surface area contributed by atoms with Crippen molar-refractivity contribution < 1.29 is 4.48 Å². The lowest BCUT2D eigenvalue weighted by Gasteiger charge is -2.28. The molecule has 0 bridgehead atoms. The summed E-state index contributed by atoms with van der Waals surface area (Å²) in [5.74, 6) is 0. The molecule has 17 heavy (non-hydrogen) atoms. The molecule has 2 heteroatoms. The van der Waals surface area contributed by atoms with Crippen LogP contribution in [0.15, 0.2) is 48.7 Å². The highest BCUT2D eigenvalue weighted by Crippen LogP contribution is 2.27. The molecule has 0 spiro atoms. The van der Waals surface area contributed by atoms with Gasteiger partial charge < -0.3 is 4.48 Å². The van der Waals surface area contributed by atoms with Crippen LogP contribution in [0.25, 0.3) is 11.3 Å². The summed E-state index contributed by atoms with van der Waals surface area (Å²) < 4.78 is 2.52. The average molecular weight is 223 g/mol. The molecule has 3 rings (SSSR count). The first kappa shape index (κ1) is 10.6. The Morgan fingerprint density at radius 1 is 0.941 bits per heavy atom. The Bertz CT molecular complexity index is 511. The lowest BCUT2D eigenvalue weighted by molar-refractivity contribution is -0.530. The van der Waals surface area contributed by atoms with E-state index in [9.17, 15) is 0 Å². The van der Waals surface area contributed by atoms with Gasteiger partial charge in [-0.25, -0.2) is 0 Å². The van der Waals surface area contributed by atoms with Crippen LogP contribution in [-0.2, 0) is 0 Å². The molecular weight excluding hydrogens is 205 g/mol. The summed E-state index contributed by atoms with van der Waals surface area (Å²) in [5, 5.41) is 0. The highest BCUT2D eigenvalue weighted by atomic mass is 14.9. The monoisotopic (exact) mass is 223 g/mol. The van der Waals surface area contributed by atoms with Crippen molar-refractivity contribution in [3.05, 3.63) is 48.7 Å². The fraction of sp³-hybridized carbons (Fsp3) is 0.267. The second kappa shape index (κ2) is 3.73. The van der Waals surface area contributed by atoms with E-state index in [1.165, 1.54) is 23.9 Å². The number of rotatable bonds is 2. The summed E-state index contributed by atoms with van der Waals surface area (Å²) in [6.07, 6.45) is 4.07. The minimum absolute atomic E-state index is 0.589. The third kappa shape index (κ3) is 1.24. The predicted molar refractivity (Wildman–Crippen MR) is 73.8 cm³/mol. The summed E-state index contributed by atoms with van der Waals surface area (Å²) in [4.78, 5) is 0. The number of fused-ring (bicyclic) bond motifs is 3. The summed E-state index contributed by atoms with van der Waals surface area (Å²) in [6.45, 7) is 4.63. The second-order valence-electron chi connectivity index (χ2n) is 5.09. The molecule has 1 aliphatic heterocycles. The largest absolute Gasteiger partial charge is 0.416 e. The number of benzene rings is 1. The van der Waals surface area contributed by atoms with E-state index >= 15 is 0 Å². The van der Waals surface area contributed by atoms with E-state index in [4.69, 9.17) is 0 Å². The van der Waals surface area contributed by atoms with Crippen LogP contribution in [-0.4, -0.2) is 6.28 Å². The van der Waals surface area contributed by atoms with Crippen LogP contribution in [0.4, 0.5) is 0 Å². The SMILES string of the molecule is CC[B-]1(CC)c2ccccc2-c2cccc[n+]21. The van der Waals surface area contributed by atoms with Gasteiger partial charge in [0.2, 0.25) is 0 Å². The van der Waals surface area contributed by atoms with Crippen molar-refractivity contribution in [1.82, 2.24) is 0 Å². The van der Waals surface area contributed by atoms with E-state index in [1.54, 1.807) is 5.46 Å². The maximum atomic E-state index is 2.52. The predicted octanol–water partition coefficient (Wildman–Crippen LogP) is 2.70. The van der Waals surface area contributed by atoms with E-state index in [-0.39, 0.29) is 0 Å². The standard InChI is InChI=1S/C15H18BN/c1-3-16(4-2)14-10-6-5-9-13(14)15-11-7-8-12-17(15)16/h5-12H,3-4H2,1-2H3. The molecule has 0 saturated heterocycles. The van der Waals surface area contributed by atoms with E-state index in [1.807, 2.05) is 0 Å². The Labute approximate surface area is 103 Å². The van der Waals surface area contributed by atoms with E-state index in [0.29, 0.717) is 0 Å². The van der Waals surface area contributed by atoms with Crippen LogP contribution in [0.3, 0.4) is 0 Å². The van der Waals surface area contributed by atoms with Gasteiger partial charge in [0.1, 0.15) is 6.20 Å². The molecule has 0 aliphatic carbocycles. The summed E-state index contributed by atoms with van der Waals surface area (Å²) in [6, 6.07) is 15.4. The quantitative estimate of drug-likeness (QED) is 0.689. The molecule has 2 heterocycles. The summed E-state index contributed by atoms with van der Waals surface area (Å²) >= 11 is 0. The van der Waals surface area contributed by atoms with Gasteiger partial charge in [0.15, 0.2) is 5.69 Å². The number of aromatic nitrogens is 1. The normalized spacial score (nSPS) is 15.4. The molecule has 1 aromatic carbocycles. The van der Waals surface area contributed by atoms with Gasteiger partial charge in [-0.3, -0.25) is 0 Å². The highest BCUT2D eigenvalue weighted by molar-refractivity contribution is 6.86. The Balaban J connectivity index is 2.38. The maximum absolute atomic E-state index is 2.52. The number of nitrogens with zero attached hydrogens (tertiary/aromatic N) is 1. The molecule has 2 aromatic rings. The van der Waals surface area contributed by atoms with Gasteiger partial charge in [-0.2, -0.15) is 0 Å². The van der Waals surface area contributed by atoms with Gasteiger partial charge in [0.05, 0.1) is 0 Å². The Hall–Kier alpha value is -1.57. The molecule has 1 nitrogen and oxygen atoms in total. The van der Waals surface area contributed by atoms with Crippen molar-refractivity contribution in [2.45, 2.75) is 26.5 Å². The summed E-state index contributed by atoms with van der Waals surface area (Å²) in [7, 11) is 0. The van der Waals surface area contributed by atoms with E-state index in [0.717, 1.165) is 0 Å². The second-order valence-corrected chi connectivity index (χ2v) is 5.09. The van der Waals surface area contributed by atoms with Crippen LogP contribution in [0, 0.1) is 0 Å². The Morgan fingerprint density at radius 2 is 1.65 bits per heavy atom. The van der Waals surface area contributed by atoms with E-state index in [2.05, 4.69) is 67.0 Å². The topological polar surface area (TPSA) is 3.88 Å². The van der Waals surface area contributed by atoms with Gasteiger partial charge in [-0.05, 0) is 6.07 Å². The molecule has 1 aromatic heterocycles. The van der Waals surface area contributed by atoms with Crippen molar-refractivity contribution in [1.29, 1.82) is 0 Å². The minimum atomic E-state index is -0.589. The van der Waals surface area contributed by atoms with Crippen molar-refractivity contribution in [3.63, 3.8) is 0 Å². The Morgan fingerprint density at radius 3 is 2.41 bits per heavy atom. The van der Waals surface area contributed by atoms with Gasteiger partial charge in [0, 0.05) is 11.6 Å². The van der Waals surface area contributed by atoms with Crippen LogP contribution in [0.2, 0.25) is 12.6 Å². The summed E-state index contributed by atoms with van der Waals surface area (Å²) in [5.41, 5.74) is 4.35. The van der Waals surface area contributed by atoms with Crippen molar-refractivity contribution in [3.8, 4) is 11.3 Å². The zero-order valence-corrected chi connectivity index (χ0v) is 10.6. The molecular formula is C15H18BN. The lowest BCUT2D eigenvalue weighted by Crippen LogP contribution is -2.67. The Kier molecular flexibility index (Phi) is 2.32. The van der Waals surface area contributed by atoms with Crippen molar-refractivity contribution in [2.75, 3.05) is 0 Å². The third-order valence-electron chi connectivity index (χ3n) is 4.59. The molecule has 1 aliphatic rings. The number of pyridine rings is 1. The maximum Gasteiger partial charge on any atom is 0.306 e. The fourth-order valence-electron chi connectivity index (χ4n) is 3.59.